The standard InChI is InChI=1S/C37H62O9/c1-11-36-13-12-28(43-36)34(8)14-15-37(46-34)18-26(38)23(5)31(45-37)24(6)30(40-10)25(7)33(39)41-19-35(9)22(4)16-20(2)29(44-35)27-17-21(3)32(36)42-27/h20-32,38H,11-19H2,1-10H3. The first-order chi connectivity index (χ1) is 21.6. The maximum absolute atomic E-state index is 13.7. The van der Waals surface area contributed by atoms with Crippen LogP contribution in [0.4, 0.5) is 0 Å². The van der Waals surface area contributed by atoms with Crippen LogP contribution < -0.4 is 0 Å². The molecule has 9 bridgehead atoms. The van der Waals surface area contributed by atoms with Crippen molar-refractivity contribution in [1.29, 1.82) is 0 Å². The smallest absolute Gasteiger partial charge is 0.311 e. The predicted octanol–water partition coefficient (Wildman–Crippen LogP) is 5.82. The van der Waals surface area contributed by atoms with Crippen LogP contribution in [0.15, 0.2) is 0 Å². The van der Waals surface area contributed by atoms with Gasteiger partial charge in [-0.2, -0.15) is 0 Å². The summed E-state index contributed by atoms with van der Waals surface area (Å²) in [6.45, 7) is 19.3. The largest absolute Gasteiger partial charge is 0.462 e. The molecule has 46 heavy (non-hydrogen) atoms. The van der Waals surface area contributed by atoms with Gasteiger partial charge in [0.2, 0.25) is 0 Å². The number of aliphatic hydroxyl groups excluding tert-OH is 1. The fourth-order valence-corrected chi connectivity index (χ4v) is 10.4. The quantitative estimate of drug-likeness (QED) is 0.293. The van der Waals surface area contributed by atoms with Crippen LogP contribution in [0.2, 0.25) is 0 Å². The van der Waals surface area contributed by atoms with Crippen LogP contribution in [0.3, 0.4) is 0 Å². The Hall–Kier alpha value is -0.810. The number of hydrogen-bond donors (Lipinski definition) is 1. The Labute approximate surface area is 277 Å². The van der Waals surface area contributed by atoms with Crippen LogP contribution in [-0.2, 0) is 38.0 Å². The van der Waals surface area contributed by atoms with Gasteiger partial charge in [0.1, 0.15) is 12.2 Å². The number of methoxy groups -OCH3 is 1. The molecule has 0 aromatic rings. The lowest BCUT2D eigenvalue weighted by atomic mass is 9.76. The summed E-state index contributed by atoms with van der Waals surface area (Å²) in [5, 5.41) is 11.4. The molecule has 1 spiro atoms. The molecule has 264 valence electrons. The first-order valence-electron chi connectivity index (χ1n) is 18.4. The predicted molar refractivity (Wildman–Crippen MR) is 172 cm³/mol. The molecule has 0 aromatic carbocycles. The third kappa shape index (κ3) is 5.79. The summed E-state index contributed by atoms with van der Waals surface area (Å²) in [5.41, 5.74) is -1.58. The van der Waals surface area contributed by atoms with E-state index in [2.05, 4.69) is 48.5 Å². The molecule has 0 saturated carbocycles. The van der Waals surface area contributed by atoms with Gasteiger partial charge in [0, 0.05) is 31.8 Å². The third-order valence-electron chi connectivity index (χ3n) is 13.6. The van der Waals surface area contributed by atoms with Crippen molar-refractivity contribution in [2.75, 3.05) is 13.7 Å². The molecule has 17 atom stereocenters. The van der Waals surface area contributed by atoms with Crippen LogP contribution >= 0.6 is 0 Å². The minimum absolute atomic E-state index is 0.0399. The summed E-state index contributed by atoms with van der Waals surface area (Å²) in [6.07, 6.45) is 4.69. The average molecular weight is 651 g/mol. The fourth-order valence-electron chi connectivity index (χ4n) is 10.4. The Morgan fingerprint density at radius 3 is 2.33 bits per heavy atom. The van der Waals surface area contributed by atoms with Crippen molar-refractivity contribution >= 4 is 5.97 Å². The summed E-state index contributed by atoms with van der Waals surface area (Å²) < 4.78 is 47.1. The van der Waals surface area contributed by atoms with E-state index in [1.807, 2.05) is 13.8 Å². The van der Waals surface area contributed by atoms with Crippen molar-refractivity contribution in [3.05, 3.63) is 0 Å². The molecule has 6 aliphatic heterocycles. The Bertz CT molecular complexity index is 1120. The van der Waals surface area contributed by atoms with Gasteiger partial charge in [0.05, 0.1) is 59.8 Å². The second kappa shape index (κ2) is 12.5. The lowest BCUT2D eigenvalue weighted by Gasteiger charge is -2.49. The van der Waals surface area contributed by atoms with Crippen molar-refractivity contribution in [2.24, 2.45) is 35.5 Å². The minimum atomic E-state index is -0.915. The number of carbonyl (C=O) groups is 1. The normalized spacial score (nSPS) is 56.4. The topological polar surface area (TPSA) is 102 Å². The van der Waals surface area contributed by atoms with Crippen LogP contribution in [-0.4, -0.2) is 90.1 Å². The third-order valence-corrected chi connectivity index (χ3v) is 13.6. The second-order valence-corrected chi connectivity index (χ2v) is 16.9. The molecule has 6 aliphatic rings. The zero-order valence-electron chi connectivity index (χ0n) is 30.1. The van der Waals surface area contributed by atoms with Crippen molar-refractivity contribution < 1.29 is 43.1 Å². The van der Waals surface area contributed by atoms with E-state index in [-0.39, 0.29) is 60.8 Å². The van der Waals surface area contributed by atoms with E-state index in [0.29, 0.717) is 24.7 Å². The molecule has 6 fully saturated rings. The Kier molecular flexibility index (Phi) is 9.52. The van der Waals surface area contributed by atoms with Gasteiger partial charge in [0.25, 0.3) is 0 Å². The highest BCUT2D eigenvalue weighted by Crippen LogP contribution is 2.55. The first kappa shape index (κ1) is 35.0. The zero-order valence-corrected chi connectivity index (χ0v) is 30.1. The van der Waals surface area contributed by atoms with Crippen molar-refractivity contribution in [3.8, 4) is 0 Å². The molecule has 6 heterocycles. The molecule has 1 N–H and O–H groups in total. The van der Waals surface area contributed by atoms with E-state index in [4.69, 9.17) is 33.2 Å². The number of aliphatic hydroxyl groups is 1. The van der Waals surface area contributed by atoms with Gasteiger partial charge in [-0.15, -0.1) is 0 Å². The van der Waals surface area contributed by atoms with E-state index in [1.54, 1.807) is 7.11 Å². The van der Waals surface area contributed by atoms with Gasteiger partial charge in [-0.3, -0.25) is 4.79 Å². The average Bonchev–Trinajstić information content (AvgIpc) is 3.72. The molecule has 9 heteroatoms. The van der Waals surface area contributed by atoms with Gasteiger partial charge < -0.3 is 38.3 Å². The zero-order chi connectivity index (χ0) is 33.4. The van der Waals surface area contributed by atoms with Gasteiger partial charge in [-0.05, 0) is 77.0 Å². The number of cyclic esters (lactones) is 1. The van der Waals surface area contributed by atoms with E-state index >= 15 is 0 Å². The number of fused-ring (bicyclic) bond motifs is 11. The van der Waals surface area contributed by atoms with Crippen LogP contribution in [0, 0.1) is 35.5 Å². The van der Waals surface area contributed by atoms with Crippen LogP contribution in [0.25, 0.3) is 0 Å². The Morgan fingerprint density at radius 1 is 0.891 bits per heavy atom. The first-order valence-corrected chi connectivity index (χ1v) is 18.4. The summed E-state index contributed by atoms with van der Waals surface area (Å²) in [6, 6.07) is 0. The number of ether oxygens (including phenoxy) is 7. The van der Waals surface area contributed by atoms with Crippen molar-refractivity contribution in [3.63, 3.8) is 0 Å². The number of rotatable bonds is 2. The molecule has 9 nitrogen and oxygen atoms in total. The molecule has 0 amide bonds. The molecular formula is C37H62O9. The Balaban J connectivity index is 1.35. The number of carbonyl (C=O) groups excluding carboxylic acids is 1. The highest BCUT2D eigenvalue weighted by molar-refractivity contribution is 5.72. The number of esters is 1. The molecule has 6 saturated heterocycles. The van der Waals surface area contributed by atoms with Gasteiger partial charge in [-0.25, -0.2) is 0 Å². The summed E-state index contributed by atoms with van der Waals surface area (Å²) in [5.74, 6) is -1.30. The van der Waals surface area contributed by atoms with Crippen LogP contribution in [0.1, 0.15) is 114 Å². The van der Waals surface area contributed by atoms with Crippen LogP contribution in [0.5, 0.6) is 0 Å². The van der Waals surface area contributed by atoms with E-state index < -0.39 is 40.7 Å². The molecular weight excluding hydrogens is 588 g/mol. The molecule has 6 rings (SSSR count). The minimum Gasteiger partial charge on any atom is -0.462 e. The summed E-state index contributed by atoms with van der Waals surface area (Å²) in [4.78, 5) is 13.7. The maximum atomic E-state index is 13.7. The SMILES string of the molecule is CCC12CCC(O1)C1(C)CCC3(CC(O)C(C)C(O3)C(C)C(OC)C(C)C(=O)OCC3(C)OC(C(C)CC3C)C3CC(C)C2O3)O1. The molecule has 17 unspecified atom stereocenters. The van der Waals surface area contributed by atoms with Crippen molar-refractivity contribution in [1.82, 2.24) is 0 Å². The summed E-state index contributed by atoms with van der Waals surface area (Å²) >= 11 is 0. The number of hydrogen-bond acceptors (Lipinski definition) is 9. The van der Waals surface area contributed by atoms with Gasteiger partial charge in [-0.1, -0.05) is 41.5 Å². The molecule has 0 aromatic heterocycles. The Morgan fingerprint density at radius 2 is 1.63 bits per heavy atom. The van der Waals surface area contributed by atoms with E-state index in [0.717, 1.165) is 38.5 Å². The fraction of sp³-hybridized carbons (Fsp3) is 0.973. The lowest BCUT2D eigenvalue weighted by Crippen LogP contribution is -2.57. The molecule has 0 radical (unpaired) electrons. The molecule has 0 aliphatic carbocycles. The highest BCUT2D eigenvalue weighted by atomic mass is 16.7. The highest BCUT2D eigenvalue weighted by Gasteiger charge is 2.62. The van der Waals surface area contributed by atoms with Gasteiger partial charge >= 0.3 is 5.97 Å². The summed E-state index contributed by atoms with van der Waals surface area (Å²) in [7, 11) is 1.64. The monoisotopic (exact) mass is 650 g/mol. The van der Waals surface area contributed by atoms with Gasteiger partial charge in [0.15, 0.2) is 5.79 Å². The lowest BCUT2D eigenvalue weighted by molar-refractivity contribution is -0.335. The van der Waals surface area contributed by atoms with Crippen molar-refractivity contribution in [2.45, 2.75) is 179 Å². The van der Waals surface area contributed by atoms with E-state index in [9.17, 15) is 9.90 Å². The second-order valence-electron chi connectivity index (χ2n) is 16.9. The maximum Gasteiger partial charge on any atom is 0.311 e. The van der Waals surface area contributed by atoms with E-state index in [1.165, 1.54) is 0 Å².